The van der Waals surface area contributed by atoms with E-state index < -0.39 is 5.92 Å². The summed E-state index contributed by atoms with van der Waals surface area (Å²) in [7, 11) is 0. The van der Waals surface area contributed by atoms with Crippen molar-refractivity contribution in [3.63, 3.8) is 0 Å². The Morgan fingerprint density at radius 3 is 2.58 bits per heavy atom. The van der Waals surface area contributed by atoms with Crippen LogP contribution in [0.1, 0.15) is 54.8 Å². The molecule has 1 aliphatic carbocycles. The van der Waals surface area contributed by atoms with Crippen molar-refractivity contribution in [1.29, 1.82) is 0 Å². The zero-order chi connectivity index (χ0) is 13.9. The first-order chi connectivity index (χ1) is 9.02. The number of thiophene rings is 1. The number of alkyl halides is 2. The fourth-order valence-corrected chi connectivity index (χ4v) is 3.86. The Morgan fingerprint density at radius 1 is 1.37 bits per heavy atom. The van der Waals surface area contributed by atoms with Gasteiger partial charge in [-0.25, -0.2) is 8.78 Å². The van der Waals surface area contributed by atoms with Gasteiger partial charge in [0.15, 0.2) is 0 Å². The normalized spacial score (nSPS) is 21.5. The van der Waals surface area contributed by atoms with Crippen LogP contribution >= 0.6 is 11.3 Å². The van der Waals surface area contributed by atoms with Gasteiger partial charge in [-0.05, 0) is 50.8 Å². The van der Waals surface area contributed by atoms with E-state index in [-0.39, 0.29) is 18.9 Å². The van der Waals surface area contributed by atoms with Gasteiger partial charge in [-0.15, -0.1) is 11.3 Å². The highest BCUT2D eigenvalue weighted by Gasteiger charge is 2.38. The number of hydrogen-bond donors (Lipinski definition) is 1. The van der Waals surface area contributed by atoms with Gasteiger partial charge in [0.2, 0.25) is 5.92 Å². The Morgan fingerprint density at radius 2 is 2.05 bits per heavy atom. The van der Waals surface area contributed by atoms with Gasteiger partial charge in [0.1, 0.15) is 0 Å². The van der Waals surface area contributed by atoms with Gasteiger partial charge in [-0.1, -0.05) is 6.92 Å². The van der Waals surface area contributed by atoms with E-state index in [4.69, 9.17) is 0 Å². The minimum Gasteiger partial charge on any atom is -0.309 e. The molecule has 0 bridgehead atoms. The number of aryl methyl sites for hydroxylation is 1. The molecule has 1 saturated carbocycles. The lowest BCUT2D eigenvalue weighted by molar-refractivity contribution is -0.0496. The van der Waals surface area contributed by atoms with Crippen LogP contribution < -0.4 is 5.32 Å². The molecule has 1 aromatic rings. The molecule has 0 aliphatic heterocycles. The van der Waals surface area contributed by atoms with E-state index in [9.17, 15) is 8.78 Å². The van der Waals surface area contributed by atoms with Gasteiger partial charge in [-0.3, -0.25) is 0 Å². The molecule has 0 radical (unpaired) electrons. The summed E-state index contributed by atoms with van der Waals surface area (Å²) < 4.78 is 26.6. The van der Waals surface area contributed by atoms with Crippen molar-refractivity contribution in [2.45, 2.75) is 57.9 Å². The molecule has 108 valence electrons. The quantitative estimate of drug-likeness (QED) is 0.810. The fourth-order valence-electron chi connectivity index (χ4n) is 2.82. The van der Waals surface area contributed by atoms with Crippen LogP contribution in [0.5, 0.6) is 0 Å². The van der Waals surface area contributed by atoms with E-state index in [0.717, 1.165) is 13.0 Å². The van der Waals surface area contributed by atoms with Crippen LogP contribution in [-0.4, -0.2) is 12.5 Å². The Labute approximate surface area is 118 Å². The van der Waals surface area contributed by atoms with E-state index >= 15 is 0 Å². The molecule has 1 aliphatic rings. The first-order valence-electron chi connectivity index (χ1n) is 7.19. The van der Waals surface area contributed by atoms with Crippen molar-refractivity contribution in [3.8, 4) is 0 Å². The zero-order valence-corrected chi connectivity index (χ0v) is 12.5. The average molecular weight is 287 g/mol. The maximum Gasteiger partial charge on any atom is 0.248 e. The number of rotatable bonds is 5. The minimum absolute atomic E-state index is 0.0479. The lowest BCUT2D eigenvalue weighted by Crippen LogP contribution is -2.34. The summed E-state index contributed by atoms with van der Waals surface area (Å²) in [5.41, 5.74) is 0. The summed E-state index contributed by atoms with van der Waals surface area (Å²) in [4.78, 5) is 2.60. The van der Waals surface area contributed by atoms with E-state index in [1.54, 1.807) is 11.3 Å². The van der Waals surface area contributed by atoms with Crippen molar-refractivity contribution in [2.75, 3.05) is 6.54 Å². The molecule has 0 spiro atoms. The van der Waals surface area contributed by atoms with Gasteiger partial charge in [0.05, 0.1) is 0 Å². The SMILES string of the molecule is CCCNC(c1ccc(C)s1)C1CCC(F)(F)CC1. The molecular weight excluding hydrogens is 264 g/mol. The molecule has 1 heterocycles. The van der Waals surface area contributed by atoms with Crippen LogP contribution in [0.3, 0.4) is 0 Å². The fraction of sp³-hybridized carbons (Fsp3) is 0.733. The summed E-state index contributed by atoms with van der Waals surface area (Å²) in [6, 6.07) is 4.53. The van der Waals surface area contributed by atoms with Crippen LogP contribution in [0, 0.1) is 12.8 Å². The second kappa shape index (κ2) is 6.31. The van der Waals surface area contributed by atoms with Gasteiger partial charge in [-0.2, -0.15) is 0 Å². The molecule has 0 amide bonds. The summed E-state index contributed by atoms with van der Waals surface area (Å²) in [5.74, 6) is -2.08. The molecular formula is C15H23F2NS. The molecule has 1 nitrogen and oxygen atoms in total. The van der Waals surface area contributed by atoms with Crippen molar-refractivity contribution in [1.82, 2.24) is 5.32 Å². The van der Waals surface area contributed by atoms with Crippen LogP contribution in [0.15, 0.2) is 12.1 Å². The van der Waals surface area contributed by atoms with Gasteiger partial charge >= 0.3 is 0 Å². The van der Waals surface area contributed by atoms with Crippen molar-refractivity contribution < 1.29 is 8.78 Å². The lowest BCUT2D eigenvalue weighted by atomic mass is 9.81. The first-order valence-corrected chi connectivity index (χ1v) is 8.01. The molecule has 1 N–H and O–H groups in total. The van der Waals surface area contributed by atoms with Crippen molar-refractivity contribution >= 4 is 11.3 Å². The standard InChI is InChI=1S/C15H23F2NS/c1-3-10-18-14(13-5-4-11(2)19-13)12-6-8-15(16,17)9-7-12/h4-5,12,14,18H,3,6-10H2,1-2H3. The lowest BCUT2D eigenvalue weighted by Gasteiger charge is -2.34. The zero-order valence-electron chi connectivity index (χ0n) is 11.7. The summed E-state index contributed by atoms with van der Waals surface area (Å²) in [6.07, 6.45) is 2.43. The highest BCUT2D eigenvalue weighted by atomic mass is 32.1. The van der Waals surface area contributed by atoms with Crippen molar-refractivity contribution in [2.24, 2.45) is 5.92 Å². The number of nitrogens with one attached hydrogen (secondary N) is 1. The average Bonchev–Trinajstić information content (AvgIpc) is 2.78. The monoisotopic (exact) mass is 287 g/mol. The Kier molecular flexibility index (Phi) is 4.96. The highest BCUT2D eigenvalue weighted by Crippen LogP contribution is 2.42. The summed E-state index contributed by atoms with van der Waals surface area (Å²) in [6.45, 7) is 5.19. The predicted molar refractivity (Wildman–Crippen MR) is 77.0 cm³/mol. The second-order valence-electron chi connectivity index (χ2n) is 5.57. The van der Waals surface area contributed by atoms with E-state index in [1.165, 1.54) is 9.75 Å². The number of halogens is 2. The smallest absolute Gasteiger partial charge is 0.248 e. The first kappa shape index (κ1) is 14.9. The topological polar surface area (TPSA) is 12.0 Å². The van der Waals surface area contributed by atoms with Gasteiger partial charge in [0, 0.05) is 28.6 Å². The van der Waals surface area contributed by atoms with Gasteiger partial charge in [0.25, 0.3) is 0 Å². The Hall–Kier alpha value is -0.480. The second-order valence-corrected chi connectivity index (χ2v) is 6.89. The largest absolute Gasteiger partial charge is 0.309 e. The van der Waals surface area contributed by atoms with Crippen LogP contribution in [-0.2, 0) is 0 Å². The van der Waals surface area contributed by atoms with Gasteiger partial charge < -0.3 is 5.32 Å². The molecule has 0 aromatic carbocycles. The molecule has 1 aromatic heterocycles. The summed E-state index contributed by atoms with van der Waals surface area (Å²) >= 11 is 1.79. The predicted octanol–water partition coefficient (Wildman–Crippen LogP) is 4.92. The highest BCUT2D eigenvalue weighted by molar-refractivity contribution is 7.12. The molecule has 1 atom stereocenters. The maximum atomic E-state index is 13.3. The summed E-state index contributed by atoms with van der Waals surface area (Å²) in [5, 5.41) is 3.56. The Balaban J connectivity index is 2.05. The van der Waals surface area contributed by atoms with Crippen LogP contribution in [0.4, 0.5) is 8.78 Å². The molecule has 1 unspecified atom stereocenters. The van der Waals surface area contributed by atoms with E-state index in [1.807, 2.05) is 0 Å². The molecule has 19 heavy (non-hydrogen) atoms. The number of hydrogen-bond acceptors (Lipinski definition) is 2. The minimum atomic E-state index is -2.43. The van der Waals surface area contributed by atoms with E-state index in [0.29, 0.717) is 18.8 Å². The maximum absolute atomic E-state index is 13.3. The molecule has 2 rings (SSSR count). The third-order valence-corrected chi connectivity index (χ3v) is 5.00. The third-order valence-electron chi connectivity index (χ3n) is 3.92. The third kappa shape index (κ3) is 3.99. The van der Waals surface area contributed by atoms with E-state index in [2.05, 4.69) is 31.3 Å². The van der Waals surface area contributed by atoms with Crippen LogP contribution in [0.25, 0.3) is 0 Å². The van der Waals surface area contributed by atoms with Crippen LogP contribution in [0.2, 0.25) is 0 Å². The Bertz CT molecular complexity index is 393. The molecule has 0 saturated heterocycles. The van der Waals surface area contributed by atoms with Crippen molar-refractivity contribution in [3.05, 3.63) is 21.9 Å². The molecule has 1 fully saturated rings. The molecule has 4 heteroatoms.